The lowest BCUT2D eigenvalue weighted by Gasteiger charge is -2.46. The van der Waals surface area contributed by atoms with E-state index in [1.165, 1.54) is 6.07 Å². The SMILES string of the molecule is O=C1NC2(CCN(Cc3cccc(F)c3F)CC2)Nc2cc(Cl)ccc21. The van der Waals surface area contributed by atoms with Crippen LogP contribution >= 0.6 is 11.6 Å². The quantitative estimate of drug-likeness (QED) is 0.837. The van der Waals surface area contributed by atoms with Gasteiger partial charge in [-0.15, -0.1) is 0 Å². The zero-order valence-electron chi connectivity index (χ0n) is 14.0. The zero-order chi connectivity index (χ0) is 18.3. The maximum Gasteiger partial charge on any atom is 0.255 e. The lowest BCUT2D eigenvalue weighted by molar-refractivity contribution is 0.0821. The van der Waals surface area contributed by atoms with Crippen LogP contribution in [0, 0.1) is 11.6 Å². The van der Waals surface area contributed by atoms with E-state index in [1.807, 2.05) is 0 Å². The second kappa shape index (κ2) is 6.52. The molecule has 0 radical (unpaired) electrons. The van der Waals surface area contributed by atoms with Gasteiger partial charge in [0.05, 0.1) is 11.3 Å². The minimum absolute atomic E-state index is 0.125. The predicted molar refractivity (Wildman–Crippen MR) is 96.1 cm³/mol. The van der Waals surface area contributed by atoms with Gasteiger partial charge < -0.3 is 10.6 Å². The summed E-state index contributed by atoms with van der Waals surface area (Å²) in [6, 6.07) is 9.38. The molecule has 0 aliphatic carbocycles. The van der Waals surface area contributed by atoms with E-state index in [2.05, 4.69) is 15.5 Å². The number of piperidine rings is 1. The van der Waals surface area contributed by atoms with Crippen LogP contribution in [0.3, 0.4) is 0 Å². The first-order valence-electron chi connectivity index (χ1n) is 8.51. The molecular formula is C19H18ClF2N3O. The largest absolute Gasteiger partial charge is 0.362 e. The van der Waals surface area contributed by atoms with Gasteiger partial charge in [-0.1, -0.05) is 23.7 Å². The highest BCUT2D eigenvalue weighted by atomic mass is 35.5. The predicted octanol–water partition coefficient (Wildman–Crippen LogP) is 3.77. The Morgan fingerprint density at radius 1 is 1.12 bits per heavy atom. The van der Waals surface area contributed by atoms with Gasteiger partial charge in [0.25, 0.3) is 5.91 Å². The van der Waals surface area contributed by atoms with Crippen molar-refractivity contribution in [3.8, 4) is 0 Å². The van der Waals surface area contributed by atoms with E-state index in [1.54, 1.807) is 24.3 Å². The fourth-order valence-electron chi connectivity index (χ4n) is 3.65. The third-order valence-electron chi connectivity index (χ3n) is 5.09. The van der Waals surface area contributed by atoms with Crippen LogP contribution in [0.4, 0.5) is 14.5 Å². The number of carbonyl (C=O) groups is 1. The first-order valence-corrected chi connectivity index (χ1v) is 8.89. The molecule has 136 valence electrons. The van der Waals surface area contributed by atoms with Crippen molar-refractivity contribution in [2.24, 2.45) is 0 Å². The molecule has 2 heterocycles. The van der Waals surface area contributed by atoms with E-state index in [0.717, 1.165) is 11.8 Å². The Labute approximate surface area is 155 Å². The molecule has 2 N–H and O–H groups in total. The summed E-state index contributed by atoms with van der Waals surface area (Å²) in [4.78, 5) is 14.5. The van der Waals surface area contributed by atoms with Crippen molar-refractivity contribution in [1.82, 2.24) is 10.2 Å². The topological polar surface area (TPSA) is 44.4 Å². The smallest absolute Gasteiger partial charge is 0.255 e. The molecule has 2 aliphatic heterocycles. The van der Waals surface area contributed by atoms with Gasteiger partial charge in [0, 0.05) is 43.1 Å². The van der Waals surface area contributed by atoms with E-state index < -0.39 is 17.3 Å². The summed E-state index contributed by atoms with van der Waals surface area (Å²) in [6.45, 7) is 1.65. The van der Waals surface area contributed by atoms with Crippen LogP contribution in [0.15, 0.2) is 36.4 Å². The molecule has 1 saturated heterocycles. The molecule has 2 aromatic carbocycles. The summed E-state index contributed by atoms with van der Waals surface area (Å²) >= 11 is 6.05. The van der Waals surface area contributed by atoms with Gasteiger partial charge in [-0.2, -0.15) is 0 Å². The average molecular weight is 378 g/mol. The highest BCUT2D eigenvalue weighted by Crippen LogP contribution is 2.33. The van der Waals surface area contributed by atoms with Crippen LogP contribution < -0.4 is 10.6 Å². The normalized spacial score (nSPS) is 19.0. The number of nitrogens with zero attached hydrogens (tertiary/aromatic N) is 1. The molecular weight excluding hydrogens is 360 g/mol. The number of carbonyl (C=O) groups excluding carboxylic acids is 1. The van der Waals surface area contributed by atoms with Crippen LogP contribution in [-0.4, -0.2) is 29.6 Å². The number of rotatable bonds is 2. The van der Waals surface area contributed by atoms with Crippen molar-refractivity contribution in [3.05, 3.63) is 64.2 Å². The highest BCUT2D eigenvalue weighted by Gasteiger charge is 2.40. The van der Waals surface area contributed by atoms with Crippen LogP contribution in [0.5, 0.6) is 0 Å². The van der Waals surface area contributed by atoms with Gasteiger partial charge in [-0.05, 0) is 24.3 Å². The second-order valence-corrected chi connectivity index (χ2v) is 7.28. The van der Waals surface area contributed by atoms with Crippen LogP contribution in [0.25, 0.3) is 0 Å². The van der Waals surface area contributed by atoms with E-state index in [9.17, 15) is 13.6 Å². The molecule has 2 aromatic rings. The Bertz CT molecular complexity index is 866. The summed E-state index contributed by atoms with van der Waals surface area (Å²) in [5.41, 5.74) is 1.11. The number of anilines is 1. The molecule has 0 aromatic heterocycles. The van der Waals surface area contributed by atoms with Crippen LogP contribution in [0.1, 0.15) is 28.8 Å². The zero-order valence-corrected chi connectivity index (χ0v) is 14.7. The molecule has 0 saturated carbocycles. The fourth-order valence-corrected chi connectivity index (χ4v) is 3.82. The van der Waals surface area contributed by atoms with Crippen molar-refractivity contribution in [2.45, 2.75) is 25.0 Å². The first kappa shape index (κ1) is 17.2. The van der Waals surface area contributed by atoms with Gasteiger partial charge in [0.1, 0.15) is 5.66 Å². The molecule has 1 fully saturated rings. The van der Waals surface area contributed by atoms with E-state index in [-0.39, 0.29) is 5.91 Å². The number of nitrogens with one attached hydrogen (secondary N) is 2. The molecule has 0 atom stereocenters. The molecule has 7 heteroatoms. The highest BCUT2D eigenvalue weighted by molar-refractivity contribution is 6.31. The molecule has 4 nitrogen and oxygen atoms in total. The number of hydrogen-bond donors (Lipinski definition) is 2. The summed E-state index contributed by atoms with van der Waals surface area (Å²) in [5.74, 6) is -1.74. The minimum atomic E-state index is -0.828. The molecule has 26 heavy (non-hydrogen) atoms. The molecule has 0 bridgehead atoms. The summed E-state index contributed by atoms with van der Waals surface area (Å²) in [6.07, 6.45) is 1.31. The van der Waals surface area contributed by atoms with E-state index in [4.69, 9.17) is 11.6 Å². The molecule has 0 unspecified atom stereocenters. The first-order chi connectivity index (χ1) is 12.5. The number of hydrogen-bond acceptors (Lipinski definition) is 3. The van der Waals surface area contributed by atoms with Gasteiger partial charge in [0.15, 0.2) is 11.6 Å². The van der Waals surface area contributed by atoms with Gasteiger partial charge in [0.2, 0.25) is 0 Å². The monoisotopic (exact) mass is 377 g/mol. The molecule has 1 spiro atoms. The summed E-state index contributed by atoms with van der Waals surface area (Å²) < 4.78 is 27.2. The molecule has 1 amide bonds. The standard InChI is InChI=1S/C19H18ClF2N3O/c20-13-4-5-14-16(10-13)23-19(24-18(14)26)6-8-25(9-7-19)11-12-2-1-3-15(21)17(12)22/h1-5,10,23H,6-9,11H2,(H,24,26). The number of amides is 1. The lowest BCUT2D eigenvalue weighted by Crippen LogP contribution is -2.62. The van der Waals surface area contributed by atoms with Crippen molar-refractivity contribution in [2.75, 3.05) is 18.4 Å². The molecule has 4 rings (SSSR count). The van der Waals surface area contributed by atoms with Crippen LogP contribution in [-0.2, 0) is 6.54 Å². The fraction of sp³-hybridized carbons (Fsp3) is 0.316. The van der Waals surface area contributed by atoms with E-state index >= 15 is 0 Å². The van der Waals surface area contributed by atoms with Crippen molar-refractivity contribution in [3.63, 3.8) is 0 Å². The number of halogens is 3. The van der Waals surface area contributed by atoms with Crippen molar-refractivity contribution < 1.29 is 13.6 Å². The Kier molecular flexibility index (Phi) is 4.32. The average Bonchev–Trinajstić information content (AvgIpc) is 2.60. The van der Waals surface area contributed by atoms with Gasteiger partial charge in [-0.25, -0.2) is 8.78 Å². The van der Waals surface area contributed by atoms with Gasteiger partial charge in [-0.3, -0.25) is 9.69 Å². The number of likely N-dealkylation sites (tertiary alicyclic amines) is 1. The molecule has 2 aliphatic rings. The maximum atomic E-state index is 13.9. The Morgan fingerprint density at radius 3 is 2.65 bits per heavy atom. The van der Waals surface area contributed by atoms with Crippen molar-refractivity contribution in [1.29, 1.82) is 0 Å². The third-order valence-corrected chi connectivity index (χ3v) is 5.32. The lowest BCUT2D eigenvalue weighted by atomic mass is 9.92. The summed E-state index contributed by atoms with van der Waals surface area (Å²) in [7, 11) is 0. The van der Waals surface area contributed by atoms with Crippen molar-refractivity contribution >= 4 is 23.2 Å². The summed E-state index contributed by atoms with van der Waals surface area (Å²) in [5, 5.41) is 7.04. The number of fused-ring (bicyclic) bond motifs is 1. The second-order valence-electron chi connectivity index (χ2n) is 6.84. The Morgan fingerprint density at radius 2 is 1.88 bits per heavy atom. The maximum absolute atomic E-state index is 13.9. The van der Waals surface area contributed by atoms with Crippen LogP contribution in [0.2, 0.25) is 5.02 Å². The third kappa shape index (κ3) is 3.15. The van der Waals surface area contributed by atoms with E-state index in [0.29, 0.717) is 48.6 Å². The Balaban J connectivity index is 1.46. The Hall–Kier alpha value is -2.18. The number of benzene rings is 2. The minimum Gasteiger partial charge on any atom is -0.362 e. The van der Waals surface area contributed by atoms with Gasteiger partial charge >= 0.3 is 0 Å².